The van der Waals surface area contributed by atoms with Crippen molar-refractivity contribution < 1.29 is 14.3 Å². The molecule has 1 fully saturated rings. The lowest BCUT2D eigenvalue weighted by Crippen LogP contribution is -2.38. The second-order valence-corrected chi connectivity index (χ2v) is 9.05. The highest BCUT2D eigenvalue weighted by Crippen LogP contribution is 2.33. The number of para-hydroxylation sites is 1. The number of rotatable bonds is 5. The fourth-order valence-corrected chi connectivity index (χ4v) is 4.52. The molecule has 7 heteroatoms. The minimum atomic E-state index is -0.0377. The van der Waals surface area contributed by atoms with Gasteiger partial charge in [0, 0.05) is 31.6 Å². The average molecular weight is 459 g/mol. The fourth-order valence-electron chi connectivity index (χ4n) is 4.52. The number of benzene rings is 2. The summed E-state index contributed by atoms with van der Waals surface area (Å²) in [5, 5.41) is 0. The lowest BCUT2D eigenvalue weighted by atomic mass is 9.99. The van der Waals surface area contributed by atoms with Gasteiger partial charge in [0.25, 0.3) is 5.91 Å². The van der Waals surface area contributed by atoms with Gasteiger partial charge in [-0.25, -0.2) is 4.98 Å². The highest BCUT2D eigenvalue weighted by atomic mass is 16.5. The van der Waals surface area contributed by atoms with Crippen molar-refractivity contribution in [1.82, 2.24) is 14.9 Å². The van der Waals surface area contributed by atoms with Crippen molar-refractivity contribution in [2.75, 3.05) is 31.6 Å². The van der Waals surface area contributed by atoms with Crippen LogP contribution in [0.15, 0.2) is 54.6 Å². The maximum Gasteiger partial charge on any atom is 0.254 e. The zero-order chi connectivity index (χ0) is 23.5. The molecular weight excluding hydrogens is 428 g/mol. The van der Waals surface area contributed by atoms with Crippen molar-refractivity contribution in [3.8, 4) is 17.4 Å². The Hall–Kier alpha value is -3.61. The zero-order valence-corrected chi connectivity index (χ0v) is 19.7. The Bertz CT molecular complexity index is 1160. The van der Waals surface area contributed by atoms with Crippen molar-refractivity contribution in [3.05, 3.63) is 71.4 Å². The monoisotopic (exact) mass is 458 g/mol. The molecule has 0 aliphatic carbocycles. The van der Waals surface area contributed by atoms with Crippen LogP contribution in [0.3, 0.4) is 0 Å². The van der Waals surface area contributed by atoms with Gasteiger partial charge in [0.15, 0.2) is 0 Å². The van der Waals surface area contributed by atoms with Gasteiger partial charge >= 0.3 is 0 Å². The maximum atomic E-state index is 13.3. The molecule has 3 aromatic rings. The standard InChI is InChI=1S/C27H30N4O3/c1-19-11-14-30(15-12-19)27-28-24-13-16-31(26(32)20-7-6-10-22(17-20)33-2)18-23(24)25(29-27)34-21-8-4-3-5-9-21/h3-10,17,19H,11-16,18H2,1-2H3. The SMILES string of the molecule is COc1cccc(C(=O)N2CCc3nc(N4CCC(C)CC4)nc(Oc4ccccc4)c3C2)c1. The van der Waals surface area contributed by atoms with E-state index >= 15 is 0 Å². The number of nitrogens with zero attached hydrogens (tertiary/aromatic N) is 4. The average Bonchev–Trinajstić information content (AvgIpc) is 2.89. The molecule has 1 aromatic heterocycles. The molecule has 0 atom stereocenters. The number of ether oxygens (including phenoxy) is 2. The number of anilines is 1. The molecule has 0 saturated carbocycles. The highest BCUT2D eigenvalue weighted by molar-refractivity contribution is 5.94. The van der Waals surface area contributed by atoms with E-state index in [0.717, 1.165) is 54.8 Å². The first kappa shape index (κ1) is 22.2. The van der Waals surface area contributed by atoms with Gasteiger partial charge in [0.05, 0.1) is 24.9 Å². The number of aromatic nitrogens is 2. The van der Waals surface area contributed by atoms with Crippen molar-refractivity contribution >= 4 is 11.9 Å². The molecule has 7 nitrogen and oxygen atoms in total. The number of methoxy groups -OCH3 is 1. The topological polar surface area (TPSA) is 67.8 Å². The van der Waals surface area contributed by atoms with Crippen molar-refractivity contribution in [2.45, 2.75) is 32.7 Å². The lowest BCUT2D eigenvalue weighted by molar-refractivity contribution is 0.0731. The summed E-state index contributed by atoms with van der Waals surface area (Å²) in [4.78, 5) is 27.2. The van der Waals surface area contributed by atoms with Crippen LogP contribution in [0, 0.1) is 5.92 Å². The smallest absolute Gasteiger partial charge is 0.254 e. The van der Waals surface area contributed by atoms with Crippen LogP contribution in [-0.2, 0) is 13.0 Å². The molecule has 34 heavy (non-hydrogen) atoms. The van der Waals surface area contributed by atoms with Gasteiger partial charge in [-0.2, -0.15) is 4.98 Å². The fraction of sp³-hybridized carbons (Fsp3) is 0.370. The number of carbonyl (C=O) groups is 1. The maximum absolute atomic E-state index is 13.3. The number of hydrogen-bond donors (Lipinski definition) is 0. The van der Waals surface area contributed by atoms with E-state index in [1.54, 1.807) is 13.2 Å². The van der Waals surface area contributed by atoms with Gasteiger partial charge in [-0.3, -0.25) is 4.79 Å². The van der Waals surface area contributed by atoms with Crippen LogP contribution in [0.2, 0.25) is 0 Å². The van der Waals surface area contributed by atoms with Gasteiger partial charge in [-0.05, 0) is 49.1 Å². The summed E-state index contributed by atoms with van der Waals surface area (Å²) in [7, 11) is 1.60. The van der Waals surface area contributed by atoms with Crippen molar-refractivity contribution in [3.63, 3.8) is 0 Å². The molecule has 0 spiro atoms. The summed E-state index contributed by atoms with van der Waals surface area (Å²) in [5.41, 5.74) is 2.44. The molecule has 3 heterocycles. The number of fused-ring (bicyclic) bond motifs is 1. The van der Waals surface area contributed by atoms with E-state index in [9.17, 15) is 4.79 Å². The minimum absolute atomic E-state index is 0.0377. The summed E-state index contributed by atoms with van der Waals surface area (Å²) in [5.74, 6) is 3.34. The molecule has 1 amide bonds. The Balaban J connectivity index is 1.46. The molecule has 2 aliphatic rings. The molecule has 2 aliphatic heterocycles. The predicted molar refractivity (Wildman–Crippen MR) is 131 cm³/mol. The Labute approximate surface area is 200 Å². The number of hydrogen-bond acceptors (Lipinski definition) is 6. The zero-order valence-electron chi connectivity index (χ0n) is 19.7. The Morgan fingerprint density at radius 2 is 1.74 bits per heavy atom. The Morgan fingerprint density at radius 1 is 0.971 bits per heavy atom. The van der Waals surface area contributed by atoms with Crippen LogP contribution in [0.5, 0.6) is 17.4 Å². The summed E-state index contributed by atoms with van der Waals surface area (Å²) >= 11 is 0. The second-order valence-electron chi connectivity index (χ2n) is 9.05. The second kappa shape index (κ2) is 9.71. The molecule has 0 radical (unpaired) electrons. The molecular formula is C27H30N4O3. The largest absolute Gasteiger partial charge is 0.497 e. The lowest BCUT2D eigenvalue weighted by Gasteiger charge is -2.33. The van der Waals surface area contributed by atoms with Crippen LogP contribution < -0.4 is 14.4 Å². The summed E-state index contributed by atoms with van der Waals surface area (Å²) in [6.45, 7) is 5.20. The van der Waals surface area contributed by atoms with E-state index in [-0.39, 0.29) is 5.91 Å². The third kappa shape index (κ3) is 4.69. The van der Waals surface area contributed by atoms with E-state index < -0.39 is 0 Å². The van der Waals surface area contributed by atoms with E-state index in [0.29, 0.717) is 36.7 Å². The Morgan fingerprint density at radius 3 is 2.50 bits per heavy atom. The molecule has 0 unspecified atom stereocenters. The molecule has 1 saturated heterocycles. The van der Waals surface area contributed by atoms with Crippen LogP contribution in [0.25, 0.3) is 0 Å². The summed E-state index contributed by atoms with van der Waals surface area (Å²) in [6, 6.07) is 16.9. The molecule has 0 bridgehead atoms. The van der Waals surface area contributed by atoms with Crippen LogP contribution >= 0.6 is 0 Å². The normalized spacial score (nSPS) is 16.2. The van der Waals surface area contributed by atoms with Gasteiger partial charge in [-0.15, -0.1) is 0 Å². The molecule has 0 N–H and O–H groups in total. The molecule has 5 rings (SSSR count). The van der Waals surface area contributed by atoms with Crippen molar-refractivity contribution in [1.29, 1.82) is 0 Å². The van der Waals surface area contributed by atoms with E-state index in [1.807, 2.05) is 53.4 Å². The molecule has 176 valence electrons. The number of piperidine rings is 1. The minimum Gasteiger partial charge on any atom is -0.497 e. The third-order valence-corrected chi connectivity index (χ3v) is 6.64. The van der Waals surface area contributed by atoms with Crippen molar-refractivity contribution in [2.24, 2.45) is 5.92 Å². The first-order valence-corrected chi connectivity index (χ1v) is 11.9. The first-order valence-electron chi connectivity index (χ1n) is 11.9. The van der Waals surface area contributed by atoms with Gasteiger partial charge in [0.1, 0.15) is 11.5 Å². The summed E-state index contributed by atoms with van der Waals surface area (Å²) < 4.78 is 11.6. The third-order valence-electron chi connectivity index (χ3n) is 6.64. The first-order chi connectivity index (χ1) is 16.6. The van der Waals surface area contributed by atoms with Crippen LogP contribution in [0.4, 0.5) is 5.95 Å². The van der Waals surface area contributed by atoms with E-state index in [1.165, 1.54) is 0 Å². The van der Waals surface area contributed by atoms with E-state index in [2.05, 4.69) is 11.8 Å². The highest BCUT2D eigenvalue weighted by Gasteiger charge is 2.29. The Kier molecular flexibility index (Phi) is 6.34. The molecule has 2 aromatic carbocycles. The van der Waals surface area contributed by atoms with E-state index in [4.69, 9.17) is 19.4 Å². The number of carbonyl (C=O) groups excluding carboxylic acids is 1. The number of amides is 1. The van der Waals surface area contributed by atoms with Gasteiger partial charge in [-0.1, -0.05) is 31.2 Å². The summed E-state index contributed by atoms with van der Waals surface area (Å²) in [6.07, 6.45) is 2.94. The van der Waals surface area contributed by atoms with Crippen LogP contribution in [-0.4, -0.2) is 47.5 Å². The quantitative estimate of drug-likeness (QED) is 0.552. The predicted octanol–water partition coefficient (Wildman–Crippen LogP) is 4.71. The van der Waals surface area contributed by atoms with Gasteiger partial charge < -0.3 is 19.3 Å². The van der Waals surface area contributed by atoms with Gasteiger partial charge in [0.2, 0.25) is 11.8 Å². The van der Waals surface area contributed by atoms with Crippen LogP contribution in [0.1, 0.15) is 41.4 Å².